The number of aromatic nitrogens is 1. The predicted molar refractivity (Wildman–Crippen MR) is 88.8 cm³/mol. The van der Waals surface area contributed by atoms with Crippen molar-refractivity contribution in [1.82, 2.24) is 9.88 Å². The number of ether oxygens (including phenoxy) is 2. The summed E-state index contributed by atoms with van der Waals surface area (Å²) in [6.07, 6.45) is 5.15. The Labute approximate surface area is 142 Å². The second-order valence-corrected chi connectivity index (χ2v) is 6.66. The van der Waals surface area contributed by atoms with E-state index in [2.05, 4.69) is 4.98 Å². The first-order valence-electron chi connectivity index (χ1n) is 8.61. The van der Waals surface area contributed by atoms with Crippen molar-refractivity contribution >= 4 is 5.91 Å². The van der Waals surface area contributed by atoms with E-state index >= 15 is 0 Å². The smallest absolute Gasteiger partial charge is 0.256 e. The summed E-state index contributed by atoms with van der Waals surface area (Å²) in [5.74, 6) is 0.0207. The third kappa shape index (κ3) is 3.06. The number of aryl methyl sites for hydroxylation is 1. The van der Waals surface area contributed by atoms with Crippen LogP contribution in [0, 0.1) is 6.92 Å². The summed E-state index contributed by atoms with van der Waals surface area (Å²) in [6, 6.07) is 3.64. The normalized spacial score (nSPS) is 29.5. The average molecular weight is 334 g/mol. The number of hydrogen-bond acceptors (Lipinski definition) is 5. The minimum atomic E-state index is -0.273. The Kier molecular flexibility index (Phi) is 5.18. The number of likely N-dealkylation sites (tertiary alicyclic amines) is 1. The topological polar surface area (TPSA) is 71.9 Å². The fourth-order valence-corrected chi connectivity index (χ4v) is 4.14. The van der Waals surface area contributed by atoms with Gasteiger partial charge in [0.1, 0.15) is 0 Å². The van der Waals surface area contributed by atoms with Gasteiger partial charge in [-0.05, 0) is 44.7 Å². The molecular weight excluding hydrogens is 308 g/mol. The number of aliphatic hydroxyl groups is 1. The van der Waals surface area contributed by atoms with Crippen molar-refractivity contribution in [1.29, 1.82) is 0 Å². The molecule has 132 valence electrons. The number of carbonyl (C=O) groups excluding carboxylic acids is 1. The van der Waals surface area contributed by atoms with E-state index in [4.69, 9.17) is 14.6 Å². The van der Waals surface area contributed by atoms with E-state index in [1.807, 2.05) is 17.9 Å². The van der Waals surface area contributed by atoms with Crippen LogP contribution in [0.4, 0.5) is 0 Å². The van der Waals surface area contributed by atoms with Crippen LogP contribution in [-0.4, -0.2) is 65.5 Å². The highest BCUT2D eigenvalue weighted by Gasteiger charge is 2.52. The molecule has 0 spiro atoms. The first kappa shape index (κ1) is 17.3. The molecule has 3 rings (SSSR count). The van der Waals surface area contributed by atoms with Gasteiger partial charge in [-0.1, -0.05) is 0 Å². The van der Waals surface area contributed by atoms with Crippen molar-refractivity contribution in [3.8, 4) is 0 Å². The largest absolute Gasteiger partial charge is 0.394 e. The minimum Gasteiger partial charge on any atom is -0.394 e. The average Bonchev–Trinajstić information content (AvgIpc) is 2.99. The van der Waals surface area contributed by atoms with Crippen LogP contribution in [0.15, 0.2) is 18.3 Å². The summed E-state index contributed by atoms with van der Waals surface area (Å²) in [4.78, 5) is 19.2. The van der Waals surface area contributed by atoms with Crippen molar-refractivity contribution in [2.45, 2.75) is 50.4 Å². The van der Waals surface area contributed by atoms with Gasteiger partial charge in [-0.3, -0.25) is 9.78 Å². The minimum absolute atomic E-state index is 0.00653. The summed E-state index contributed by atoms with van der Waals surface area (Å²) >= 11 is 0. The fourth-order valence-electron chi connectivity index (χ4n) is 4.14. The lowest BCUT2D eigenvalue weighted by molar-refractivity contribution is -0.0992. The van der Waals surface area contributed by atoms with E-state index in [1.165, 1.54) is 0 Å². The number of nitrogens with zero attached hydrogens (tertiary/aromatic N) is 2. The molecule has 0 radical (unpaired) electrons. The van der Waals surface area contributed by atoms with Gasteiger partial charge in [-0.25, -0.2) is 0 Å². The summed E-state index contributed by atoms with van der Waals surface area (Å²) in [5, 5.41) is 8.98. The molecule has 1 N–H and O–H groups in total. The second-order valence-electron chi connectivity index (χ2n) is 6.66. The summed E-state index contributed by atoms with van der Waals surface area (Å²) in [6.45, 7) is 2.92. The van der Waals surface area contributed by atoms with Crippen LogP contribution >= 0.6 is 0 Å². The standard InChI is InChI=1S/C18H26N2O4/c1-13-15(4-3-8-19-13)17(22)20-9-7-18(23-2)6-5-14(12-16(18)20)24-11-10-21/h3-4,8,14,16,21H,5-7,9-12H2,1-2H3/t14-,16+,18-/m1/s1. The Morgan fingerprint density at radius 3 is 3.04 bits per heavy atom. The highest BCUT2D eigenvalue weighted by atomic mass is 16.5. The Morgan fingerprint density at radius 2 is 2.33 bits per heavy atom. The molecule has 1 saturated heterocycles. The molecule has 24 heavy (non-hydrogen) atoms. The molecule has 2 aliphatic rings. The Hall–Kier alpha value is -1.50. The molecule has 6 heteroatoms. The number of amides is 1. The van der Waals surface area contributed by atoms with E-state index in [9.17, 15) is 4.79 Å². The molecule has 2 fully saturated rings. The van der Waals surface area contributed by atoms with Crippen molar-refractivity contribution in [2.24, 2.45) is 0 Å². The summed E-state index contributed by atoms with van der Waals surface area (Å²) in [7, 11) is 1.74. The van der Waals surface area contributed by atoms with E-state index in [1.54, 1.807) is 19.4 Å². The molecule has 3 atom stereocenters. The number of hydrogen-bond donors (Lipinski definition) is 1. The molecule has 1 aromatic heterocycles. The lowest BCUT2D eigenvalue weighted by atomic mass is 9.79. The lowest BCUT2D eigenvalue weighted by Crippen LogP contribution is -2.53. The number of rotatable bonds is 5. The third-order valence-electron chi connectivity index (χ3n) is 5.48. The first-order valence-corrected chi connectivity index (χ1v) is 8.61. The number of aliphatic hydroxyl groups excluding tert-OH is 1. The Morgan fingerprint density at radius 1 is 1.50 bits per heavy atom. The molecule has 1 aliphatic heterocycles. The van der Waals surface area contributed by atoms with Crippen LogP contribution in [0.2, 0.25) is 0 Å². The molecule has 6 nitrogen and oxygen atoms in total. The lowest BCUT2D eigenvalue weighted by Gasteiger charge is -2.43. The SMILES string of the molecule is CO[C@@]12CC[C@@H](OCCO)C[C@@H]1N(C(=O)c1cccnc1C)CC2. The second kappa shape index (κ2) is 7.17. The van der Waals surface area contributed by atoms with Crippen molar-refractivity contribution in [2.75, 3.05) is 26.9 Å². The number of pyridine rings is 1. The molecule has 1 aliphatic carbocycles. The summed E-state index contributed by atoms with van der Waals surface area (Å²) < 4.78 is 11.6. The zero-order valence-corrected chi connectivity index (χ0v) is 14.4. The fraction of sp³-hybridized carbons (Fsp3) is 0.667. The maximum absolute atomic E-state index is 13.1. The molecule has 2 heterocycles. The van der Waals surface area contributed by atoms with Crippen LogP contribution in [0.1, 0.15) is 41.7 Å². The zero-order valence-electron chi connectivity index (χ0n) is 14.4. The molecule has 0 aromatic carbocycles. The van der Waals surface area contributed by atoms with Crippen LogP contribution < -0.4 is 0 Å². The molecule has 0 unspecified atom stereocenters. The van der Waals surface area contributed by atoms with Gasteiger partial charge < -0.3 is 19.5 Å². The van der Waals surface area contributed by atoms with Crippen LogP contribution in [0.5, 0.6) is 0 Å². The highest BCUT2D eigenvalue weighted by molar-refractivity contribution is 5.95. The maximum atomic E-state index is 13.1. The van der Waals surface area contributed by atoms with Gasteiger partial charge >= 0.3 is 0 Å². The Balaban J connectivity index is 1.81. The molecular formula is C18H26N2O4. The van der Waals surface area contributed by atoms with E-state index < -0.39 is 0 Å². The van der Waals surface area contributed by atoms with Crippen molar-refractivity contribution < 1.29 is 19.4 Å². The van der Waals surface area contributed by atoms with Gasteiger partial charge in [-0.15, -0.1) is 0 Å². The van der Waals surface area contributed by atoms with Crippen molar-refractivity contribution in [3.63, 3.8) is 0 Å². The summed E-state index contributed by atoms with van der Waals surface area (Å²) in [5.41, 5.74) is 1.13. The van der Waals surface area contributed by atoms with Gasteiger partial charge in [0.25, 0.3) is 5.91 Å². The third-order valence-corrected chi connectivity index (χ3v) is 5.48. The highest BCUT2D eigenvalue weighted by Crippen LogP contribution is 2.43. The Bertz CT molecular complexity index is 594. The van der Waals surface area contributed by atoms with Crippen molar-refractivity contribution in [3.05, 3.63) is 29.6 Å². The van der Waals surface area contributed by atoms with Crippen LogP contribution in [0.3, 0.4) is 0 Å². The van der Waals surface area contributed by atoms with E-state index in [0.717, 1.165) is 31.4 Å². The maximum Gasteiger partial charge on any atom is 0.256 e. The first-order chi connectivity index (χ1) is 11.6. The molecule has 1 saturated carbocycles. The molecule has 1 amide bonds. The van der Waals surface area contributed by atoms with Gasteiger partial charge in [-0.2, -0.15) is 0 Å². The molecule has 0 bridgehead atoms. The van der Waals surface area contributed by atoms with Gasteiger partial charge in [0, 0.05) is 25.5 Å². The number of fused-ring (bicyclic) bond motifs is 1. The van der Waals surface area contributed by atoms with E-state index in [0.29, 0.717) is 18.7 Å². The van der Waals surface area contributed by atoms with Crippen LogP contribution in [0.25, 0.3) is 0 Å². The quantitative estimate of drug-likeness (QED) is 0.884. The van der Waals surface area contributed by atoms with Crippen LogP contribution in [-0.2, 0) is 9.47 Å². The number of carbonyl (C=O) groups is 1. The zero-order chi connectivity index (χ0) is 17.2. The van der Waals surface area contributed by atoms with E-state index in [-0.39, 0.29) is 30.3 Å². The van der Waals surface area contributed by atoms with Gasteiger partial charge in [0.15, 0.2) is 0 Å². The predicted octanol–water partition coefficient (Wildman–Crippen LogP) is 1.55. The monoisotopic (exact) mass is 334 g/mol. The molecule has 1 aromatic rings. The van der Waals surface area contributed by atoms with Gasteiger partial charge in [0.05, 0.1) is 36.5 Å². The number of methoxy groups -OCH3 is 1. The van der Waals surface area contributed by atoms with Gasteiger partial charge in [0.2, 0.25) is 0 Å².